The molecule has 28 heavy (non-hydrogen) atoms. The number of rotatable bonds is 5. The van der Waals surface area contributed by atoms with E-state index >= 15 is 0 Å². The lowest BCUT2D eigenvalue weighted by molar-refractivity contribution is -0.131. The molecule has 0 radical (unpaired) electrons. The van der Waals surface area contributed by atoms with Crippen LogP contribution < -0.4 is 15.1 Å². The van der Waals surface area contributed by atoms with Gasteiger partial charge < -0.3 is 20.2 Å². The molecule has 7 heteroatoms. The fraction of sp³-hybridized carbons (Fsp3) is 0.238. The molecule has 0 bridgehead atoms. The van der Waals surface area contributed by atoms with Crippen molar-refractivity contribution in [2.24, 2.45) is 0 Å². The number of benzene rings is 2. The van der Waals surface area contributed by atoms with Crippen LogP contribution in [0.15, 0.2) is 60.2 Å². The van der Waals surface area contributed by atoms with Gasteiger partial charge in [-0.05, 0) is 43.3 Å². The average Bonchev–Trinajstić information content (AvgIpc) is 2.69. The zero-order chi connectivity index (χ0) is 20.1. The first-order chi connectivity index (χ1) is 13.4. The normalized spacial score (nSPS) is 14.7. The summed E-state index contributed by atoms with van der Waals surface area (Å²) in [4.78, 5) is 27.4. The molecular formula is C21H22FN3O3. The SMILES string of the molecule is C/C(=C/C(=O)O)C(=O)Nc1ccccc1N1CCN(c2ccc(F)cc2)CC1. The Hall–Kier alpha value is -3.35. The highest BCUT2D eigenvalue weighted by atomic mass is 19.1. The van der Waals surface area contributed by atoms with Crippen LogP contribution in [0, 0.1) is 5.82 Å². The molecule has 1 saturated heterocycles. The number of carbonyl (C=O) groups is 2. The number of amides is 1. The summed E-state index contributed by atoms with van der Waals surface area (Å²) >= 11 is 0. The number of carboxylic acids is 1. The highest BCUT2D eigenvalue weighted by Crippen LogP contribution is 2.28. The predicted molar refractivity (Wildman–Crippen MR) is 107 cm³/mol. The molecule has 1 aliphatic heterocycles. The Bertz CT molecular complexity index is 888. The van der Waals surface area contributed by atoms with E-state index in [-0.39, 0.29) is 11.4 Å². The number of para-hydroxylation sites is 2. The van der Waals surface area contributed by atoms with Gasteiger partial charge in [-0.1, -0.05) is 12.1 Å². The number of carbonyl (C=O) groups excluding carboxylic acids is 1. The molecule has 0 spiro atoms. The minimum absolute atomic E-state index is 0.128. The lowest BCUT2D eigenvalue weighted by atomic mass is 10.2. The topological polar surface area (TPSA) is 72.9 Å². The molecule has 6 nitrogen and oxygen atoms in total. The van der Waals surface area contributed by atoms with Gasteiger partial charge in [-0.3, -0.25) is 4.79 Å². The van der Waals surface area contributed by atoms with Crippen molar-refractivity contribution in [2.45, 2.75) is 6.92 Å². The molecule has 146 valence electrons. The van der Waals surface area contributed by atoms with Crippen molar-refractivity contribution < 1.29 is 19.1 Å². The zero-order valence-corrected chi connectivity index (χ0v) is 15.6. The summed E-state index contributed by atoms with van der Waals surface area (Å²) in [5.41, 5.74) is 2.64. The van der Waals surface area contributed by atoms with Crippen LogP contribution in [-0.2, 0) is 9.59 Å². The first-order valence-corrected chi connectivity index (χ1v) is 9.01. The highest BCUT2D eigenvalue weighted by molar-refractivity contribution is 6.07. The molecule has 0 aromatic heterocycles. The van der Waals surface area contributed by atoms with Crippen LogP contribution in [0.1, 0.15) is 6.92 Å². The molecular weight excluding hydrogens is 361 g/mol. The Morgan fingerprint density at radius 2 is 1.61 bits per heavy atom. The molecule has 0 unspecified atom stereocenters. The van der Waals surface area contributed by atoms with Gasteiger partial charge in [0.05, 0.1) is 11.4 Å². The van der Waals surface area contributed by atoms with Crippen molar-refractivity contribution in [3.63, 3.8) is 0 Å². The second kappa shape index (κ2) is 8.56. The van der Waals surface area contributed by atoms with E-state index < -0.39 is 11.9 Å². The number of nitrogens with zero attached hydrogens (tertiary/aromatic N) is 2. The first-order valence-electron chi connectivity index (χ1n) is 9.01. The number of hydrogen-bond acceptors (Lipinski definition) is 4. The molecule has 2 N–H and O–H groups in total. The third-order valence-electron chi connectivity index (χ3n) is 4.66. The average molecular weight is 383 g/mol. The number of nitrogens with one attached hydrogen (secondary N) is 1. The monoisotopic (exact) mass is 383 g/mol. The molecule has 0 aliphatic carbocycles. The molecule has 1 fully saturated rings. The molecule has 1 aliphatic rings. The van der Waals surface area contributed by atoms with Gasteiger partial charge in [0.15, 0.2) is 0 Å². The van der Waals surface area contributed by atoms with Crippen molar-refractivity contribution >= 4 is 28.9 Å². The van der Waals surface area contributed by atoms with Crippen LogP contribution >= 0.6 is 0 Å². The number of halogens is 1. The number of hydrogen-bond donors (Lipinski definition) is 2. The second-order valence-corrected chi connectivity index (χ2v) is 6.59. The molecule has 3 rings (SSSR count). The minimum atomic E-state index is -1.15. The van der Waals surface area contributed by atoms with E-state index in [0.29, 0.717) is 5.69 Å². The lowest BCUT2D eigenvalue weighted by Gasteiger charge is -2.38. The van der Waals surface area contributed by atoms with Gasteiger partial charge in [-0.2, -0.15) is 0 Å². The van der Waals surface area contributed by atoms with Gasteiger partial charge in [0.2, 0.25) is 0 Å². The molecule has 1 heterocycles. The van der Waals surface area contributed by atoms with Gasteiger partial charge in [0.1, 0.15) is 5.82 Å². The quantitative estimate of drug-likeness (QED) is 0.776. The van der Waals surface area contributed by atoms with E-state index in [2.05, 4.69) is 15.1 Å². The van der Waals surface area contributed by atoms with E-state index in [1.165, 1.54) is 19.1 Å². The van der Waals surface area contributed by atoms with E-state index in [0.717, 1.165) is 43.6 Å². The lowest BCUT2D eigenvalue weighted by Crippen LogP contribution is -2.46. The largest absolute Gasteiger partial charge is 0.478 e. The van der Waals surface area contributed by atoms with Crippen LogP contribution in [0.2, 0.25) is 0 Å². The van der Waals surface area contributed by atoms with Gasteiger partial charge in [-0.25, -0.2) is 9.18 Å². The predicted octanol–water partition coefficient (Wildman–Crippen LogP) is 3.12. The molecule has 2 aromatic carbocycles. The van der Waals surface area contributed by atoms with Crippen LogP contribution in [0.3, 0.4) is 0 Å². The van der Waals surface area contributed by atoms with E-state index in [4.69, 9.17) is 5.11 Å². The summed E-state index contributed by atoms with van der Waals surface area (Å²) in [6, 6.07) is 13.9. The van der Waals surface area contributed by atoms with Crippen molar-refractivity contribution in [1.29, 1.82) is 0 Å². The van der Waals surface area contributed by atoms with Crippen LogP contribution in [0.25, 0.3) is 0 Å². The van der Waals surface area contributed by atoms with Crippen LogP contribution in [-0.4, -0.2) is 43.2 Å². The first kappa shape index (κ1) is 19.4. The summed E-state index contributed by atoms with van der Waals surface area (Å²) in [7, 11) is 0. The van der Waals surface area contributed by atoms with Crippen LogP contribution in [0.4, 0.5) is 21.5 Å². The molecule has 0 atom stereocenters. The van der Waals surface area contributed by atoms with Crippen LogP contribution in [0.5, 0.6) is 0 Å². The maximum Gasteiger partial charge on any atom is 0.328 e. The highest BCUT2D eigenvalue weighted by Gasteiger charge is 2.20. The summed E-state index contributed by atoms with van der Waals surface area (Å²) in [5, 5.41) is 11.6. The summed E-state index contributed by atoms with van der Waals surface area (Å²) in [6.45, 7) is 4.49. The van der Waals surface area contributed by atoms with Crippen molar-refractivity contribution in [1.82, 2.24) is 0 Å². The molecule has 2 aromatic rings. The third kappa shape index (κ3) is 4.68. The summed E-state index contributed by atoms with van der Waals surface area (Å²) in [6.07, 6.45) is 0.888. The maximum absolute atomic E-state index is 13.1. The van der Waals surface area contributed by atoms with E-state index in [1.54, 1.807) is 18.2 Å². The van der Waals surface area contributed by atoms with Crippen molar-refractivity contribution in [2.75, 3.05) is 41.3 Å². The fourth-order valence-corrected chi connectivity index (χ4v) is 3.18. The number of anilines is 3. The fourth-order valence-electron chi connectivity index (χ4n) is 3.18. The Morgan fingerprint density at radius 3 is 2.25 bits per heavy atom. The summed E-state index contributed by atoms with van der Waals surface area (Å²) in [5.74, 6) is -1.85. The summed E-state index contributed by atoms with van der Waals surface area (Å²) < 4.78 is 13.1. The van der Waals surface area contributed by atoms with Gasteiger partial charge >= 0.3 is 5.97 Å². The maximum atomic E-state index is 13.1. The number of piperazine rings is 1. The number of aliphatic carboxylic acids is 1. The minimum Gasteiger partial charge on any atom is -0.478 e. The van der Waals surface area contributed by atoms with Gasteiger partial charge in [0, 0.05) is 43.5 Å². The van der Waals surface area contributed by atoms with Gasteiger partial charge in [-0.15, -0.1) is 0 Å². The third-order valence-corrected chi connectivity index (χ3v) is 4.66. The van der Waals surface area contributed by atoms with Crippen molar-refractivity contribution in [3.05, 3.63) is 66.0 Å². The van der Waals surface area contributed by atoms with Gasteiger partial charge in [0.25, 0.3) is 5.91 Å². The van der Waals surface area contributed by atoms with E-state index in [1.807, 2.05) is 18.2 Å². The molecule has 1 amide bonds. The Morgan fingerprint density at radius 1 is 1.00 bits per heavy atom. The molecule has 0 saturated carbocycles. The number of carboxylic acid groups (broad SMARTS) is 1. The standard InChI is InChI=1S/C21H22FN3O3/c1-15(14-20(26)27)21(28)23-18-4-2-3-5-19(18)25-12-10-24(11-13-25)17-8-6-16(22)7-9-17/h2-9,14H,10-13H2,1H3,(H,23,28)(H,26,27)/b15-14-. The Kier molecular flexibility index (Phi) is 5.93. The zero-order valence-electron chi connectivity index (χ0n) is 15.6. The smallest absolute Gasteiger partial charge is 0.328 e. The van der Waals surface area contributed by atoms with E-state index in [9.17, 15) is 14.0 Å². The second-order valence-electron chi connectivity index (χ2n) is 6.59. The van der Waals surface area contributed by atoms with Crippen molar-refractivity contribution in [3.8, 4) is 0 Å². The Balaban J connectivity index is 1.69. The Labute approximate surface area is 162 Å².